The molecular formula is C13H22N2O3S. The molecule has 1 aromatic carbocycles. The van der Waals surface area contributed by atoms with Gasteiger partial charge in [-0.25, -0.2) is 13.1 Å². The topological polar surface area (TPSA) is 81.4 Å². The summed E-state index contributed by atoms with van der Waals surface area (Å²) in [6, 6.07) is 3.42. The van der Waals surface area contributed by atoms with Gasteiger partial charge < -0.3 is 10.5 Å². The zero-order chi connectivity index (χ0) is 14.6. The monoisotopic (exact) mass is 286 g/mol. The fraction of sp³-hybridized carbons (Fsp3) is 0.538. The van der Waals surface area contributed by atoms with Crippen molar-refractivity contribution in [2.45, 2.75) is 38.7 Å². The van der Waals surface area contributed by atoms with Crippen LogP contribution in [0.1, 0.15) is 25.0 Å². The molecule has 19 heavy (non-hydrogen) atoms. The van der Waals surface area contributed by atoms with E-state index in [-0.39, 0.29) is 17.5 Å². The molecule has 0 fully saturated rings. The lowest BCUT2D eigenvalue weighted by Gasteiger charge is -2.14. The highest BCUT2D eigenvalue weighted by atomic mass is 32.2. The van der Waals surface area contributed by atoms with Crippen LogP contribution in [-0.4, -0.2) is 27.7 Å². The summed E-state index contributed by atoms with van der Waals surface area (Å²) < 4.78 is 32.3. The molecule has 1 rings (SSSR count). The van der Waals surface area contributed by atoms with Crippen molar-refractivity contribution in [1.82, 2.24) is 4.72 Å². The molecule has 0 amide bonds. The van der Waals surface area contributed by atoms with Crippen LogP contribution >= 0.6 is 0 Å². The van der Waals surface area contributed by atoms with E-state index < -0.39 is 10.0 Å². The molecule has 1 aromatic rings. The molecule has 0 bridgehead atoms. The number of nitrogens with two attached hydrogens (primary N) is 1. The molecule has 0 aromatic heterocycles. The maximum Gasteiger partial charge on any atom is 0.241 e. The van der Waals surface area contributed by atoms with Crippen molar-refractivity contribution in [3.05, 3.63) is 23.3 Å². The van der Waals surface area contributed by atoms with E-state index >= 15 is 0 Å². The van der Waals surface area contributed by atoms with Crippen molar-refractivity contribution in [3.63, 3.8) is 0 Å². The van der Waals surface area contributed by atoms with Gasteiger partial charge in [-0.15, -0.1) is 0 Å². The largest absolute Gasteiger partial charge is 0.398 e. The second-order valence-electron chi connectivity index (χ2n) is 4.74. The first-order chi connectivity index (χ1) is 8.75. The SMILES string of the molecule is Cc1ccc(N)c(C)c1S(=O)(=O)NCCOC(C)C. The van der Waals surface area contributed by atoms with E-state index in [0.29, 0.717) is 23.4 Å². The van der Waals surface area contributed by atoms with Crippen molar-refractivity contribution in [3.8, 4) is 0 Å². The zero-order valence-corrected chi connectivity index (χ0v) is 12.7. The molecule has 0 aliphatic heterocycles. The molecule has 3 N–H and O–H groups in total. The average molecular weight is 286 g/mol. The Morgan fingerprint density at radius 2 is 1.95 bits per heavy atom. The third-order valence-electron chi connectivity index (χ3n) is 2.76. The first-order valence-corrected chi connectivity index (χ1v) is 7.71. The van der Waals surface area contributed by atoms with Gasteiger partial charge in [-0.05, 0) is 44.9 Å². The highest BCUT2D eigenvalue weighted by Gasteiger charge is 2.20. The molecule has 0 saturated carbocycles. The molecule has 0 spiro atoms. The van der Waals surface area contributed by atoms with E-state index in [9.17, 15) is 8.42 Å². The second-order valence-corrected chi connectivity index (χ2v) is 6.45. The summed E-state index contributed by atoms with van der Waals surface area (Å²) in [7, 11) is -3.55. The lowest BCUT2D eigenvalue weighted by Crippen LogP contribution is -2.29. The van der Waals surface area contributed by atoms with Crippen molar-refractivity contribution in [2.75, 3.05) is 18.9 Å². The van der Waals surface area contributed by atoms with Crippen LogP contribution < -0.4 is 10.5 Å². The van der Waals surface area contributed by atoms with Crippen LogP contribution in [0.4, 0.5) is 5.69 Å². The molecule has 0 saturated heterocycles. The number of hydrogen-bond acceptors (Lipinski definition) is 4. The Hall–Kier alpha value is -1.11. The Bertz CT molecular complexity index is 539. The van der Waals surface area contributed by atoms with Crippen LogP contribution in [-0.2, 0) is 14.8 Å². The Kier molecular flexibility index (Phi) is 5.34. The third-order valence-corrected chi connectivity index (χ3v) is 4.51. The van der Waals surface area contributed by atoms with Crippen molar-refractivity contribution in [1.29, 1.82) is 0 Å². The standard InChI is InChI=1S/C13H22N2O3S/c1-9(2)18-8-7-15-19(16,17)13-10(3)5-6-12(14)11(13)4/h5-6,9,15H,7-8,14H2,1-4H3. The van der Waals surface area contributed by atoms with Crippen LogP contribution in [0, 0.1) is 13.8 Å². The Morgan fingerprint density at radius 1 is 1.32 bits per heavy atom. The van der Waals surface area contributed by atoms with Gasteiger partial charge in [-0.2, -0.15) is 0 Å². The summed E-state index contributed by atoms with van der Waals surface area (Å²) in [5.41, 5.74) is 7.51. The Morgan fingerprint density at radius 3 is 2.53 bits per heavy atom. The summed E-state index contributed by atoms with van der Waals surface area (Å²) in [6.07, 6.45) is 0.0837. The summed E-state index contributed by atoms with van der Waals surface area (Å²) in [5.74, 6) is 0. The maximum atomic E-state index is 12.2. The number of anilines is 1. The van der Waals surface area contributed by atoms with Crippen molar-refractivity contribution < 1.29 is 13.2 Å². The maximum absolute atomic E-state index is 12.2. The Labute approximate surface area is 115 Å². The molecule has 0 aliphatic carbocycles. The first-order valence-electron chi connectivity index (χ1n) is 6.22. The van der Waals surface area contributed by atoms with Crippen LogP contribution in [0.2, 0.25) is 0 Å². The van der Waals surface area contributed by atoms with E-state index in [2.05, 4.69) is 4.72 Å². The zero-order valence-electron chi connectivity index (χ0n) is 11.9. The highest BCUT2D eigenvalue weighted by Crippen LogP contribution is 2.24. The van der Waals surface area contributed by atoms with Crippen LogP contribution in [0.25, 0.3) is 0 Å². The lowest BCUT2D eigenvalue weighted by atomic mass is 10.1. The van der Waals surface area contributed by atoms with Gasteiger partial charge in [0.05, 0.1) is 17.6 Å². The molecule has 108 valence electrons. The molecule has 0 radical (unpaired) electrons. The van der Waals surface area contributed by atoms with E-state index in [1.807, 2.05) is 13.8 Å². The smallest absolute Gasteiger partial charge is 0.241 e. The van der Waals surface area contributed by atoms with Crippen molar-refractivity contribution in [2.24, 2.45) is 0 Å². The Balaban J connectivity index is 2.86. The minimum atomic E-state index is -3.55. The first kappa shape index (κ1) is 15.9. The molecule has 0 aliphatic rings. The highest BCUT2D eigenvalue weighted by molar-refractivity contribution is 7.89. The molecule has 0 heterocycles. The third kappa shape index (κ3) is 4.19. The summed E-state index contributed by atoms with van der Waals surface area (Å²) >= 11 is 0. The lowest BCUT2D eigenvalue weighted by molar-refractivity contribution is 0.0834. The summed E-state index contributed by atoms with van der Waals surface area (Å²) in [4.78, 5) is 0.261. The molecular weight excluding hydrogens is 264 g/mol. The van der Waals surface area contributed by atoms with E-state index in [4.69, 9.17) is 10.5 Å². The van der Waals surface area contributed by atoms with Gasteiger partial charge in [0.15, 0.2) is 0 Å². The fourth-order valence-electron chi connectivity index (χ4n) is 1.80. The number of nitrogens with one attached hydrogen (secondary N) is 1. The summed E-state index contributed by atoms with van der Waals surface area (Å²) in [5, 5.41) is 0. The number of ether oxygens (including phenoxy) is 1. The minimum absolute atomic E-state index is 0.0837. The van der Waals surface area contributed by atoms with Crippen molar-refractivity contribution >= 4 is 15.7 Å². The van der Waals surface area contributed by atoms with Gasteiger partial charge in [0, 0.05) is 12.2 Å². The molecule has 6 heteroatoms. The van der Waals surface area contributed by atoms with Gasteiger partial charge in [-0.3, -0.25) is 0 Å². The van der Waals surface area contributed by atoms with Gasteiger partial charge in [0.1, 0.15) is 0 Å². The minimum Gasteiger partial charge on any atom is -0.398 e. The van der Waals surface area contributed by atoms with Gasteiger partial charge in [0.2, 0.25) is 10.0 Å². The van der Waals surface area contributed by atoms with Gasteiger partial charge in [-0.1, -0.05) is 6.07 Å². The average Bonchev–Trinajstić information content (AvgIpc) is 2.29. The molecule has 0 atom stereocenters. The van der Waals surface area contributed by atoms with E-state index in [1.165, 1.54) is 0 Å². The van der Waals surface area contributed by atoms with E-state index in [0.717, 1.165) is 0 Å². The van der Waals surface area contributed by atoms with Gasteiger partial charge >= 0.3 is 0 Å². The van der Waals surface area contributed by atoms with Crippen LogP contribution in [0.3, 0.4) is 0 Å². The number of hydrogen-bond donors (Lipinski definition) is 2. The predicted molar refractivity (Wildman–Crippen MR) is 76.6 cm³/mol. The van der Waals surface area contributed by atoms with E-state index in [1.54, 1.807) is 26.0 Å². The van der Waals surface area contributed by atoms with Gasteiger partial charge in [0.25, 0.3) is 0 Å². The molecule has 5 nitrogen and oxygen atoms in total. The molecule has 0 unspecified atom stereocenters. The quantitative estimate of drug-likeness (QED) is 0.614. The second kappa shape index (κ2) is 6.36. The van der Waals surface area contributed by atoms with Crippen LogP contribution in [0.5, 0.6) is 0 Å². The number of nitrogen functional groups attached to an aromatic ring is 1. The number of benzene rings is 1. The number of rotatable bonds is 6. The normalized spacial score (nSPS) is 12.1. The summed E-state index contributed by atoms with van der Waals surface area (Å²) in [6.45, 7) is 7.86. The fourth-order valence-corrected chi connectivity index (χ4v) is 3.31. The van der Waals surface area contributed by atoms with Crippen LogP contribution in [0.15, 0.2) is 17.0 Å². The number of sulfonamides is 1. The number of aryl methyl sites for hydroxylation is 1. The predicted octanol–water partition coefficient (Wildman–Crippen LogP) is 1.59.